The van der Waals surface area contributed by atoms with Gasteiger partial charge in [-0.1, -0.05) is 18.2 Å². The summed E-state index contributed by atoms with van der Waals surface area (Å²) in [4.78, 5) is 24.9. The third-order valence-electron chi connectivity index (χ3n) is 3.96. The van der Waals surface area contributed by atoms with Gasteiger partial charge in [0.25, 0.3) is 11.8 Å². The highest BCUT2D eigenvalue weighted by Crippen LogP contribution is 2.24. The molecule has 9 heteroatoms. The topological polar surface area (TPSA) is 118 Å². The number of benzene rings is 2. The molecule has 2 amide bonds. The van der Waals surface area contributed by atoms with Crippen LogP contribution in [0.15, 0.2) is 65.3 Å². The Morgan fingerprint density at radius 3 is 2.21 bits per heavy atom. The van der Waals surface area contributed by atoms with Gasteiger partial charge in [0.05, 0.1) is 23.9 Å². The fourth-order valence-corrected chi connectivity index (χ4v) is 3.14. The molecular formula is C20H19N3O5S. The molecule has 1 aromatic heterocycles. The van der Waals surface area contributed by atoms with Gasteiger partial charge in [0.2, 0.25) is 10.0 Å². The van der Waals surface area contributed by atoms with Gasteiger partial charge in [0, 0.05) is 11.3 Å². The molecule has 0 saturated heterocycles. The minimum atomic E-state index is -3.51. The van der Waals surface area contributed by atoms with Crippen molar-refractivity contribution in [1.29, 1.82) is 0 Å². The van der Waals surface area contributed by atoms with Crippen molar-refractivity contribution in [3.8, 4) is 0 Å². The van der Waals surface area contributed by atoms with E-state index in [1.807, 2.05) is 0 Å². The summed E-state index contributed by atoms with van der Waals surface area (Å²) in [5.74, 6) is -0.736. The van der Waals surface area contributed by atoms with Crippen LogP contribution in [-0.2, 0) is 10.0 Å². The zero-order valence-corrected chi connectivity index (χ0v) is 16.5. The van der Waals surface area contributed by atoms with E-state index in [0.717, 1.165) is 11.8 Å². The van der Waals surface area contributed by atoms with Crippen molar-refractivity contribution in [1.82, 2.24) is 0 Å². The first kappa shape index (κ1) is 20.2. The highest BCUT2D eigenvalue weighted by molar-refractivity contribution is 7.92. The summed E-state index contributed by atoms with van der Waals surface area (Å²) in [6, 6.07) is 14.4. The van der Waals surface area contributed by atoms with Gasteiger partial charge in [-0.2, -0.15) is 0 Å². The Morgan fingerprint density at radius 2 is 1.55 bits per heavy atom. The van der Waals surface area contributed by atoms with Crippen molar-refractivity contribution >= 4 is 38.9 Å². The Hall–Kier alpha value is -3.59. The standard InChI is InChI=1S/C20H19N3O5S/c1-13-9-10-14(12-17(13)22-20(25)18-8-5-11-28-18)19(24)21-15-6-3-4-7-16(15)23-29(2,26)27/h3-12,23H,1-2H3,(H,21,24)(H,22,25). The molecule has 0 saturated carbocycles. The number of rotatable bonds is 6. The average molecular weight is 413 g/mol. The van der Waals surface area contributed by atoms with E-state index in [9.17, 15) is 18.0 Å². The number of carbonyl (C=O) groups is 2. The second-order valence-corrected chi connectivity index (χ2v) is 8.08. The lowest BCUT2D eigenvalue weighted by Crippen LogP contribution is -2.17. The molecule has 29 heavy (non-hydrogen) atoms. The Kier molecular flexibility index (Phi) is 5.69. The molecule has 150 valence electrons. The number of para-hydroxylation sites is 2. The normalized spacial score (nSPS) is 11.0. The minimum Gasteiger partial charge on any atom is -0.459 e. The second kappa shape index (κ2) is 8.19. The van der Waals surface area contributed by atoms with Gasteiger partial charge in [0.15, 0.2) is 5.76 Å². The van der Waals surface area contributed by atoms with E-state index in [4.69, 9.17) is 4.42 Å². The Labute approximate surface area is 168 Å². The van der Waals surface area contributed by atoms with Gasteiger partial charge < -0.3 is 15.1 Å². The van der Waals surface area contributed by atoms with Gasteiger partial charge in [0.1, 0.15) is 0 Å². The number of amides is 2. The Bertz CT molecular complexity index is 1150. The fraction of sp³-hybridized carbons (Fsp3) is 0.100. The highest BCUT2D eigenvalue weighted by atomic mass is 32.2. The first-order valence-electron chi connectivity index (χ1n) is 8.56. The van der Waals surface area contributed by atoms with Gasteiger partial charge in [-0.25, -0.2) is 8.42 Å². The summed E-state index contributed by atoms with van der Waals surface area (Å²) in [6.45, 7) is 1.80. The van der Waals surface area contributed by atoms with Crippen molar-refractivity contribution in [2.45, 2.75) is 6.92 Å². The quantitative estimate of drug-likeness (QED) is 0.572. The van der Waals surface area contributed by atoms with Crippen LogP contribution in [0.5, 0.6) is 0 Å². The number of sulfonamides is 1. The lowest BCUT2D eigenvalue weighted by Gasteiger charge is -2.13. The molecule has 2 aromatic carbocycles. The van der Waals surface area contributed by atoms with Gasteiger partial charge in [-0.05, 0) is 48.9 Å². The van der Waals surface area contributed by atoms with Crippen LogP contribution in [0.3, 0.4) is 0 Å². The number of nitrogens with one attached hydrogen (secondary N) is 3. The van der Waals surface area contributed by atoms with E-state index in [2.05, 4.69) is 15.4 Å². The van der Waals surface area contributed by atoms with Crippen molar-refractivity contribution in [3.63, 3.8) is 0 Å². The van der Waals surface area contributed by atoms with E-state index in [1.165, 1.54) is 18.4 Å². The number of anilines is 3. The molecule has 0 aliphatic carbocycles. The lowest BCUT2D eigenvalue weighted by molar-refractivity contribution is 0.0993. The first-order valence-corrected chi connectivity index (χ1v) is 10.5. The van der Waals surface area contributed by atoms with E-state index in [0.29, 0.717) is 16.9 Å². The summed E-state index contributed by atoms with van der Waals surface area (Å²) < 4.78 is 30.5. The van der Waals surface area contributed by atoms with E-state index in [1.54, 1.807) is 49.4 Å². The number of hydrogen-bond acceptors (Lipinski definition) is 5. The molecule has 8 nitrogen and oxygen atoms in total. The lowest BCUT2D eigenvalue weighted by atomic mass is 10.1. The van der Waals surface area contributed by atoms with Crippen LogP contribution in [0.2, 0.25) is 0 Å². The molecule has 1 heterocycles. The summed E-state index contributed by atoms with van der Waals surface area (Å²) in [7, 11) is -3.51. The van der Waals surface area contributed by atoms with Crippen LogP contribution in [0.25, 0.3) is 0 Å². The predicted octanol–water partition coefficient (Wildman–Crippen LogP) is 3.46. The zero-order valence-electron chi connectivity index (χ0n) is 15.7. The second-order valence-electron chi connectivity index (χ2n) is 6.34. The Morgan fingerprint density at radius 1 is 0.862 bits per heavy atom. The maximum absolute atomic E-state index is 12.7. The van der Waals surface area contributed by atoms with E-state index >= 15 is 0 Å². The molecule has 0 bridgehead atoms. The van der Waals surface area contributed by atoms with Crippen LogP contribution in [0, 0.1) is 6.92 Å². The highest BCUT2D eigenvalue weighted by Gasteiger charge is 2.15. The minimum absolute atomic E-state index is 0.153. The molecule has 3 rings (SSSR count). The van der Waals surface area contributed by atoms with Crippen molar-refractivity contribution in [2.24, 2.45) is 0 Å². The third-order valence-corrected chi connectivity index (χ3v) is 4.55. The maximum atomic E-state index is 12.7. The molecule has 0 fully saturated rings. The molecule has 0 radical (unpaired) electrons. The maximum Gasteiger partial charge on any atom is 0.291 e. The fourth-order valence-electron chi connectivity index (χ4n) is 2.56. The van der Waals surface area contributed by atoms with Gasteiger partial charge >= 0.3 is 0 Å². The van der Waals surface area contributed by atoms with Crippen LogP contribution in [-0.4, -0.2) is 26.5 Å². The smallest absolute Gasteiger partial charge is 0.291 e. The summed E-state index contributed by atoms with van der Waals surface area (Å²) in [5, 5.41) is 5.39. The van der Waals surface area contributed by atoms with Gasteiger partial charge in [-0.3, -0.25) is 14.3 Å². The van der Waals surface area contributed by atoms with E-state index in [-0.39, 0.29) is 11.4 Å². The van der Waals surface area contributed by atoms with Crippen LogP contribution >= 0.6 is 0 Å². The van der Waals surface area contributed by atoms with Crippen LogP contribution in [0.1, 0.15) is 26.5 Å². The average Bonchev–Trinajstić information content (AvgIpc) is 3.19. The number of carbonyl (C=O) groups excluding carboxylic acids is 2. The molecule has 3 aromatic rings. The number of aryl methyl sites for hydroxylation is 1. The Balaban J connectivity index is 1.81. The summed E-state index contributed by atoms with van der Waals surface area (Å²) in [6.07, 6.45) is 2.42. The summed E-state index contributed by atoms with van der Waals surface area (Å²) >= 11 is 0. The molecular weight excluding hydrogens is 394 g/mol. The molecule has 3 N–H and O–H groups in total. The molecule has 0 unspecified atom stereocenters. The first-order chi connectivity index (χ1) is 13.7. The predicted molar refractivity (Wildman–Crippen MR) is 111 cm³/mol. The van der Waals surface area contributed by atoms with Crippen molar-refractivity contribution < 1.29 is 22.4 Å². The van der Waals surface area contributed by atoms with Crippen molar-refractivity contribution in [3.05, 3.63) is 77.7 Å². The largest absolute Gasteiger partial charge is 0.459 e. The molecule has 0 atom stereocenters. The molecule has 0 aliphatic rings. The molecule has 0 aliphatic heterocycles. The molecule has 0 spiro atoms. The van der Waals surface area contributed by atoms with E-state index < -0.39 is 21.8 Å². The zero-order chi connectivity index (χ0) is 21.0. The SMILES string of the molecule is Cc1ccc(C(=O)Nc2ccccc2NS(C)(=O)=O)cc1NC(=O)c1ccco1. The van der Waals surface area contributed by atoms with Crippen molar-refractivity contribution in [2.75, 3.05) is 21.6 Å². The van der Waals surface area contributed by atoms with Crippen LogP contribution < -0.4 is 15.4 Å². The number of hydrogen-bond donors (Lipinski definition) is 3. The summed E-state index contributed by atoms with van der Waals surface area (Å²) in [5.41, 5.74) is 2.08. The van der Waals surface area contributed by atoms with Gasteiger partial charge in [-0.15, -0.1) is 0 Å². The number of furan rings is 1. The monoisotopic (exact) mass is 413 g/mol. The third kappa shape index (κ3) is 5.23. The van der Waals surface area contributed by atoms with Crippen LogP contribution in [0.4, 0.5) is 17.1 Å².